The fraction of sp³-hybridized carbons (Fsp3) is 0.273. The van der Waals surface area contributed by atoms with Gasteiger partial charge in [0, 0.05) is 16.8 Å². The predicted molar refractivity (Wildman–Crippen MR) is 110 cm³/mol. The zero-order valence-electron chi connectivity index (χ0n) is 15.7. The van der Waals surface area contributed by atoms with E-state index < -0.39 is 10.0 Å². The van der Waals surface area contributed by atoms with E-state index in [0.717, 1.165) is 23.8 Å². The van der Waals surface area contributed by atoms with Gasteiger partial charge in [0.25, 0.3) is 0 Å². The van der Waals surface area contributed by atoms with Crippen molar-refractivity contribution in [3.63, 3.8) is 0 Å². The Balaban J connectivity index is 1.95. The molecule has 3 aromatic carbocycles. The molecular weight excluding hydrogens is 358 g/mol. The number of benzene rings is 3. The van der Waals surface area contributed by atoms with E-state index in [2.05, 4.69) is 11.6 Å². The van der Waals surface area contributed by atoms with Crippen LogP contribution in [0.1, 0.15) is 38.3 Å². The number of fused-ring (bicyclic) bond motifs is 1. The monoisotopic (exact) mass is 383 g/mol. The lowest BCUT2D eigenvalue weighted by Gasteiger charge is -2.17. The third-order valence-corrected chi connectivity index (χ3v) is 6.12. The summed E-state index contributed by atoms with van der Waals surface area (Å²) in [6, 6.07) is 20.1. The number of hydrogen-bond donors (Lipinski definition) is 1. The zero-order valence-corrected chi connectivity index (χ0v) is 16.5. The van der Waals surface area contributed by atoms with Crippen molar-refractivity contribution in [2.75, 3.05) is 6.61 Å². The minimum Gasteiger partial charge on any atom is -0.493 e. The zero-order chi connectivity index (χ0) is 19.3. The molecule has 0 aliphatic rings. The molecule has 0 saturated carbocycles. The van der Waals surface area contributed by atoms with Crippen LogP contribution in [0.3, 0.4) is 0 Å². The molecule has 142 valence electrons. The normalized spacial score (nSPS) is 12.8. The second-order valence-electron chi connectivity index (χ2n) is 6.56. The van der Waals surface area contributed by atoms with Crippen LogP contribution >= 0.6 is 0 Å². The summed E-state index contributed by atoms with van der Waals surface area (Å²) in [6.07, 6.45) is 2.01. The minimum absolute atomic E-state index is 0.267. The van der Waals surface area contributed by atoms with E-state index in [-0.39, 0.29) is 10.9 Å². The Morgan fingerprint density at radius 3 is 2.30 bits per heavy atom. The van der Waals surface area contributed by atoms with Crippen LogP contribution in [0, 0.1) is 0 Å². The molecule has 4 nitrogen and oxygen atoms in total. The number of nitrogens with one attached hydrogen (secondary N) is 1. The summed E-state index contributed by atoms with van der Waals surface area (Å²) in [5.74, 6) is 0.717. The largest absolute Gasteiger partial charge is 0.493 e. The van der Waals surface area contributed by atoms with Gasteiger partial charge in [0.15, 0.2) is 0 Å². The molecule has 0 aliphatic carbocycles. The van der Waals surface area contributed by atoms with Gasteiger partial charge in [-0.1, -0.05) is 67.9 Å². The summed E-state index contributed by atoms with van der Waals surface area (Å²) in [5, 5.41) is 1.48. The van der Waals surface area contributed by atoms with Crippen LogP contribution in [-0.4, -0.2) is 15.0 Å². The molecule has 0 amide bonds. The number of sulfonamides is 1. The molecule has 5 heteroatoms. The first-order valence-electron chi connectivity index (χ1n) is 9.24. The van der Waals surface area contributed by atoms with E-state index in [1.165, 1.54) is 0 Å². The number of ether oxygens (including phenoxy) is 1. The Morgan fingerprint density at radius 2 is 1.59 bits per heavy atom. The van der Waals surface area contributed by atoms with Gasteiger partial charge in [-0.3, -0.25) is 0 Å². The van der Waals surface area contributed by atoms with E-state index in [1.807, 2.05) is 61.5 Å². The Labute approximate surface area is 161 Å². The molecular formula is C22H25NO3S. The van der Waals surface area contributed by atoms with Crippen molar-refractivity contribution < 1.29 is 13.2 Å². The summed E-state index contributed by atoms with van der Waals surface area (Å²) >= 11 is 0. The number of rotatable bonds is 8. The molecule has 0 spiro atoms. The van der Waals surface area contributed by atoms with Crippen LogP contribution in [0.5, 0.6) is 5.75 Å². The van der Waals surface area contributed by atoms with Gasteiger partial charge < -0.3 is 4.74 Å². The molecule has 0 aromatic heterocycles. The molecule has 3 aromatic rings. The SMILES string of the molecule is CCCCOc1ccc(S(=O)(=O)N[C@@H](C)c2ccccc2)c2ccccc12. The van der Waals surface area contributed by atoms with Crippen LogP contribution in [-0.2, 0) is 10.0 Å². The minimum atomic E-state index is -3.68. The molecule has 1 N–H and O–H groups in total. The smallest absolute Gasteiger partial charge is 0.241 e. The molecule has 0 aliphatic heterocycles. The topological polar surface area (TPSA) is 55.4 Å². The van der Waals surface area contributed by atoms with E-state index >= 15 is 0 Å². The van der Waals surface area contributed by atoms with Gasteiger partial charge >= 0.3 is 0 Å². The molecule has 27 heavy (non-hydrogen) atoms. The van der Waals surface area contributed by atoms with Gasteiger partial charge in [-0.15, -0.1) is 0 Å². The van der Waals surface area contributed by atoms with Crippen molar-refractivity contribution in [3.8, 4) is 5.75 Å². The molecule has 0 unspecified atom stereocenters. The van der Waals surface area contributed by atoms with Gasteiger partial charge in [0.1, 0.15) is 5.75 Å². The van der Waals surface area contributed by atoms with Crippen molar-refractivity contribution in [1.29, 1.82) is 0 Å². The summed E-state index contributed by atoms with van der Waals surface area (Å²) in [6.45, 7) is 4.57. The average Bonchev–Trinajstić information content (AvgIpc) is 2.68. The maximum Gasteiger partial charge on any atom is 0.241 e. The van der Waals surface area contributed by atoms with E-state index in [1.54, 1.807) is 12.1 Å². The summed E-state index contributed by atoms with van der Waals surface area (Å²) in [5.41, 5.74) is 0.921. The molecule has 0 fully saturated rings. The lowest BCUT2D eigenvalue weighted by Crippen LogP contribution is -2.27. The quantitative estimate of drug-likeness (QED) is 0.553. The summed E-state index contributed by atoms with van der Waals surface area (Å²) in [7, 11) is -3.68. The van der Waals surface area contributed by atoms with Crippen LogP contribution in [0.4, 0.5) is 0 Å². The first kappa shape index (κ1) is 19.4. The predicted octanol–water partition coefficient (Wildman–Crippen LogP) is 5.06. The Kier molecular flexibility index (Phi) is 6.14. The maximum absolute atomic E-state index is 13.0. The number of unbranched alkanes of at least 4 members (excludes halogenated alkanes) is 1. The molecule has 1 atom stereocenters. The van der Waals surface area contributed by atoms with Gasteiger partial charge in [-0.25, -0.2) is 13.1 Å². The van der Waals surface area contributed by atoms with Gasteiger partial charge in [0.05, 0.1) is 11.5 Å². The second-order valence-corrected chi connectivity index (χ2v) is 8.25. The lowest BCUT2D eigenvalue weighted by atomic mass is 10.1. The Bertz CT molecular complexity index is 1000. The number of hydrogen-bond acceptors (Lipinski definition) is 3. The van der Waals surface area contributed by atoms with Crippen LogP contribution in [0.25, 0.3) is 10.8 Å². The summed E-state index contributed by atoms with van der Waals surface area (Å²) < 4.78 is 34.7. The van der Waals surface area contributed by atoms with Crippen molar-refractivity contribution >= 4 is 20.8 Å². The van der Waals surface area contributed by atoms with Gasteiger partial charge in [0.2, 0.25) is 10.0 Å². The van der Waals surface area contributed by atoms with Crippen molar-refractivity contribution in [1.82, 2.24) is 4.72 Å². The van der Waals surface area contributed by atoms with E-state index in [0.29, 0.717) is 17.7 Å². The fourth-order valence-electron chi connectivity index (χ4n) is 3.04. The average molecular weight is 384 g/mol. The standard InChI is InChI=1S/C22H25NO3S/c1-3-4-16-26-21-14-15-22(20-13-9-8-12-19(20)21)27(24,25)23-17(2)18-10-6-5-7-11-18/h5-15,17,23H,3-4,16H2,1-2H3/t17-/m0/s1. The van der Waals surface area contributed by atoms with Crippen molar-refractivity contribution in [3.05, 3.63) is 72.3 Å². The maximum atomic E-state index is 13.0. The van der Waals surface area contributed by atoms with Crippen LogP contribution < -0.4 is 9.46 Å². The highest BCUT2D eigenvalue weighted by molar-refractivity contribution is 7.89. The highest BCUT2D eigenvalue weighted by Crippen LogP contribution is 2.32. The lowest BCUT2D eigenvalue weighted by molar-refractivity contribution is 0.313. The van der Waals surface area contributed by atoms with E-state index in [4.69, 9.17) is 4.74 Å². The first-order chi connectivity index (χ1) is 13.0. The van der Waals surface area contributed by atoms with Crippen molar-refractivity contribution in [2.45, 2.75) is 37.6 Å². The highest BCUT2D eigenvalue weighted by Gasteiger charge is 2.21. The fourth-order valence-corrected chi connectivity index (χ4v) is 4.48. The van der Waals surface area contributed by atoms with Gasteiger partial charge in [-0.2, -0.15) is 0 Å². The van der Waals surface area contributed by atoms with Crippen molar-refractivity contribution in [2.24, 2.45) is 0 Å². The highest BCUT2D eigenvalue weighted by atomic mass is 32.2. The molecule has 0 radical (unpaired) electrons. The van der Waals surface area contributed by atoms with Gasteiger partial charge in [-0.05, 0) is 31.0 Å². The molecule has 0 saturated heterocycles. The Hall–Kier alpha value is -2.37. The third-order valence-electron chi connectivity index (χ3n) is 4.52. The molecule has 0 bridgehead atoms. The van der Waals surface area contributed by atoms with Crippen LogP contribution in [0.2, 0.25) is 0 Å². The first-order valence-corrected chi connectivity index (χ1v) is 10.7. The Morgan fingerprint density at radius 1 is 0.926 bits per heavy atom. The molecule has 3 rings (SSSR count). The summed E-state index contributed by atoms with van der Waals surface area (Å²) in [4.78, 5) is 0.267. The van der Waals surface area contributed by atoms with E-state index in [9.17, 15) is 8.42 Å². The second kappa shape index (κ2) is 8.55. The molecule has 0 heterocycles. The van der Waals surface area contributed by atoms with Crippen LogP contribution in [0.15, 0.2) is 71.6 Å². The third kappa shape index (κ3) is 4.49.